The van der Waals surface area contributed by atoms with Gasteiger partial charge in [-0.1, -0.05) is 12.0 Å². The molecular weight excluding hydrogens is 222 g/mol. The van der Waals surface area contributed by atoms with Crippen LogP contribution in [-0.4, -0.2) is 35.2 Å². The van der Waals surface area contributed by atoms with E-state index in [4.69, 9.17) is 10.2 Å². The first-order valence-corrected chi connectivity index (χ1v) is 4.44. The molecule has 5 nitrogen and oxygen atoms in total. The van der Waals surface area contributed by atoms with Crippen molar-refractivity contribution in [3.05, 3.63) is 12.2 Å². The summed E-state index contributed by atoms with van der Waals surface area (Å²) in [5, 5.41) is 18.6. The van der Waals surface area contributed by atoms with Gasteiger partial charge in [0.25, 0.3) is 5.91 Å². The van der Waals surface area contributed by atoms with Gasteiger partial charge in [-0.25, -0.2) is 0 Å². The molecule has 0 atom stereocenters. The van der Waals surface area contributed by atoms with Gasteiger partial charge in [-0.2, -0.15) is 0 Å². The first kappa shape index (κ1) is 14.3. The molecule has 0 aliphatic carbocycles. The average molecular weight is 231 g/mol. The fraction of sp³-hybridized carbons (Fsp3) is 0.167. The van der Waals surface area contributed by atoms with E-state index in [1.807, 2.05) is 5.32 Å². The molecule has 0 aliphatic rings. The van der Waals surface area contributed by atoms with Crippen LogP contribution in [0.3, 0.4) is 0 Å². The largest absolute Gasteiger partial charge is 0.480 e. The molecule has 3 N–H and O–H groups in total. The van der Waals surface area contributed by atoms with Crippen molar-refractivity contribution in [2.75, 3.05) is 13.2 Å². The lowest BCUT2D eigenvalue weighted by Crippen LogP contribution is -2.27. The second kappa shape index (κ2) is 9.86. The predicted molar refractivity (Wildman–Crippen MR) is 60.2 cm³/mol. The smallest absolute Gasteiger partial charge is 0.323 e. The van der Waals surface area contributed by atoms with Gasteiger partial charge in [0.05, 0.1) is 6.61 Å². The third-order valence-electron chi connectivity index (χ3n) is 1.14. The summed E-state index contributed by atoms with van der Waals surface area (Å²) in [6.07, 6.45) is 2.88. The van der Waals surface area contributed by atoms with E-state index in [1.54, 1.807) is 0 Å². The van der Waals surface area contributed by atoms with E-state index in [1.165, 1.54) is 12.2 Å². The molecule has 5 heteroatoms. The van der Waals surface area contributed by atoms with Crippen LogP contribution in [0, 0.1) is 35.5 Å². The van der Waals surface area contributed by atoms with E-state index in [2.05, 4.69) is 35.5 Å². The number of carboxylic acid groups (broad SMARTS) is 1. The second-order valence-corrected chi connectivity index (χ2v) is 2.43. The number of aliphatic hydroxyl groups excluding tert-OH is 1. The van der Waals surface area contributed by atoms with E-state index >= 15 is 0 Å². The summed E-state index contributed by atoms with van der Waals surface area (Å²) in [4.78, 5) is 20.9. The molecule has 0 aromatic carbocycles. The number of carbonyl (C=O) groups excluding carboxylic acids is 1. The van der Waals surface area contributed by atoms with Gasteiger partial charge < -0.3 is 15.5 Å². The number of carboxylic acids is 1. The molecule has 0 saturated heterocycles. The van der Waals surface area contributed by atoms with Gasteiger partial charge in [0.2, 0.25) is 0 Å². The Morgan fingerprint density at radius 1 is 1.18 bits per heavy atom. The molecule has 0 spiro atoms. The number of amides is 1. The summed E-state index contributed by atoms with van der Waals surface area (Å²) >= 11 is 0. The molecule has 0 heterocycles. The zero-order chi connectivity index (χ0) is 12.9. The first-order chi connectivity index (χ1) is 8.16. The standard InChI is InChI=1S/C12H9NO4/c14-9-7-5-3-1-2-4-6-8-11(15)13-10-12(16)17/h5,7,14H,9-10H2,(H,13,15)(H,16,17). The molecule has 0 bridgehead atoms. The zero-order valence-electron chi connectivity index (χ0n) is 8.78. The fourth-order valence-electron chi connectivity index (χ4n) is 0.540. The molecule has 0 rings (SSSR count). The molecule has 0 aliphatic heterocycles. The average Bonchev–Trinajstić information content (AvgIpc) is 2.30. The van der Waals surface area contributed by atoms with Crippen molar-refractivity contribution in [2.24, 2.45) is 0 Å². The maximum Gasteiger partial charge on any atom is 0.323 e. The van der Waals surface area contributed by atoms with Gasteiger partial charge in [0, 0.05) is 5.92 Å². The van der Waals surface area contributed by atoms with Crippen molar-refractivity contribution in [3.63, 3.8) is 0 Å². The Bertz CT molecular complexity index is 486. The van der Waals surface area contributed by atoms with Gasteiger partial charge in [-0.3, -0.25) is 9.59 Å². The van der Waals surface area contributed by atoms with Crippen molar-refractivity contribution < 1.29 is 19.8 Å². The molecule has 17 heavy (non-hydrogen) atoms. The number of hydrogen-bond donors (Lipinski definition) is 3. The first-order valence-electron chi connectivity index (χ1n) is 4.44. The highest BCUT2D eigenvalue weighted by molar-refractivity contribution is 5.95. The molecule has 86 valence electrons. The van der Waals surface area contributed by atoms with Crippen LogP contribution in [0.5, 0.6) is 0 Å². The van der Waals surface area contributed by atoms with Crippen LogP contribution in [-0.2, 0) is 9.59 Å². The van der Waals surface area contributed by atoms with Crippen molar-refractivity contribution in [2.45, 2.75) is 0 Å². The number of aliphatic hydroxyl groups is 1. The minimum Gasteiger partial charge on any atom is -0.480 e. The highest BCUT2D eigenvalue weighted by Gasteiger charge is 1.98. The van der Waals surface area contributed by atoms with Gasteiger partial charge in [0.15, 0.2) is 0 Å². The molecule has 0 radical (unpaired) electrons. The van der Waals surface area contributed by atoms with E-state index in [-0.39, 0.29) is 6.61 Å². The summed E-state index contributed by atoms with van der Waals surface area (Å²) in [7, 11) is 0. The van der Waals surface area contributed by atoms with E-state index in [9.17, 15) is 9.59 Å². The number of nitrogens with one attached hydrogen (secondary N) is 1. The Morgan fingerprint density at radius 2 is 1.88 bits per heavy atom. The molecule has 0 saturated carbocycles. The van der Waals surface area contributed by atoms with Crippen molar-refractivity contribution >= 4 is 11.9 Å². The highest BCUT2D eigenvalue weighted by atomic mass is 16.4. The summed E-state index contributed by atoms with van der Waals surface area (Å²) in [5.74, 6) is 12.0. The number of carbonyl (C=O) groups is 2. The molecule has 0 aromatic rings. The van der Waals surface area contributed by atoms with Gasteiger partial charge in [0.1, 0.15) is 6.54 Å². The van der Waals surface area contributed by atoms with Gasteiger partial charge in [-0.15, -0.1) is 0 Å². The van der Waals surface area contributed by atoms with Crippen molar-refractivity contribution in [1.82, 2.24) is 5.32 Å². The normalized spacial score (nSPS) is 7.82. The quantitative estimate of drug-likeness (QED) is 0.529. The predicted octanol–water partition coefficient (Wildman–Crippen LogP) is -1.25. The molecule has 0 unspecified atom stereocenters. The molecule has 0 aromatic heterocycles. The van der Waals surface area contributed by atoms with Crippen molar-refractivity contribution in [1.29, 1.82) is 0 Å². The number of allylic oxidation sites excluding steroid dienone is 1. The van der Waals surface area contributed by atoms with Crippen LogP contribution in [0.15, 0.2) is 12.2 Å². The van der Waals surface area contributed by atoms with Crippen molar-refractivity contribution in [3.8, 4) is 35.5 Å². The summed E-state index contributed by atoms with van der Waals surface area (Å²) in [5.41, 5.74) is 0. The Morgan fingerprint density at radius 3 is 2.53 bits per heavy atom. The number of rotatable bonds is 3. The maximum atomic E-state index is 10.8. The van der Waals surface area contributed by atoms with E-state index in [0.717, 1.165) is 0 Å². The molecule has 0 fully saturated rings. The monoisotopic (exact) mass is 231 g/mol. The highest BCUT2D eigenvalue weighted by Crippen LogP contribution is 1.66. The third kappa shape index (κ3) is 11.2. The van der Waals surface area contributed by atoms with Gasteiger partial charge >= 0.3 is 5.97 Å². The molecule has 1 amide bonds. The van der Waals surface area contributed by atoms with Crippen LogP contribution < -0.4 is 5.32 Å². The summed E-state index contributed by atoms with van der Waals surface area (Å²) in [6, 6.07) is 0. The number of aliphatic carboxylic acids is 1. The lowest BCUT2D eigenvalue weighted by atomic mass is 10.4. The van der Waals surface area contributed by atoms with Crippen LogP contribution in [0.2, 0.25) is 0 Å². The Labute approximate surface area is 98.5 Å². The van der Waals surface area contributed by atoms with Crippen LogP contribution in [0.25, 0.3) is 0 Å². The Kier molecular flexibility index (Phi) is 8.30. The van der Waals surface area contributed by atoms with E-state index < -0.39 is 18.4 Å². The lowest BCUT2D eigenvalue weighted by molar-refractivity contribution is -0.137. The minimum absolute atomic E-state index is 0.0916. The summed E-state index contributed by atoms with van der Waals surface area (Å²) in [6.45, 7) is -0.571. The topological polar surface area (TPSA) is 86.6 Å². The SMILES string of the molecule is O=C(O)CNC(=O)C#CC#CC#CC=CCO. The summed E-state index contributed by atoms with van der Waals surface area (Å²) < 4.78 is 0. The third-order valence-corrected chi connectivity index (χ3v) is 1.14. The van der Waals surface area contributed by atoms with Crippen LogP contribution >= 0.6 is 0 Å². The number of hydrogen-bond acceptors (Lipinski definition) is 3. The Balaban J connectivity index is 4.06. The zero-order valence-corrected chi connectivity index (χ0v) is 8.78. The second-order valence-electron chi connectivity index (χ2n) is 2.43. The Hall–Kier alpha value is -2.68. The fourth-order valence-corrected chi connectivity index (χ4v) is 0.540. The van der Waals surface area contributed by atoms with Crippen LogP contribution in [0.4, 0.5) is 0 Å². The van der Waals surface area contributed by atoms with E-state index in [0.29, 0.717) is 0 Å². The lowest BCUT2D eigenvalue weighted by Gasteiger charge is -1.91. The maximum absolute atomic E-state index is 10.8. The minimum atomic E-state index is -1.15. The van der Waals surface area contributed by atoms with Crippen LogP contribution in [0.1, 0.15) is 0 Å². The van der Waals surface area contributed by atoms with Gasteiger partial charge in [-0.05, 0) is 29.8 Å². The molecular formula is C12H9NO4.